The number of hydrogen-bond donors (Lipinski definition) is 3. The van der Waals surface area contributed by atoms with Gasteiger partial charge in [-0.2, -0.15) is 0 Å². The molecule has 0 saturated carbocycles. The Labute approximate surface area is 199 Å². The van der Waals surface area contributed by atoms with Gasteiger partial charge in [0.25, 0.3) is 0 Å². The lowest BCUT2D eigenvalue weighted by Crippen LogP contribution is -2.41. The number of nitrogens with two attached hydrogens (primary N) is 1. The zero-order valence-electron chi connectivity index (χ0n) is 19.9. The summed E-state index contributed by atoms with van der Waals surface area (Å²) in [6, 6.07) is 10.1. The van der Waals surface area contributed by atoms with Gasteiger partial charge in [0.05, 0.1) is 25.6 Å². The maximum Gasteiger partial charge on any atom is 0.410 e. The summed E-state index contributed by atoms with van der Waals surface area (Å²) >= 11 is 0. The molecule has 34 heavy (non-hydrogen) atoms. The van der Waals surface area contributed by atoms with Crippen LogP contribution in [0.3, 0.4) is 0 Å². The van der Waals surface area contributed by atoms with Crippen molar-refractivity contribution in [2.45, 2.75) is 45.8 Å². The van der Waals surface area contributed by atoms with E-state index in [9.17, 15) is 19.5 Å². The van der Waals surface area contributed by atoms with Gasteiger partial charge < -0.3 is 30.5 Å². The lowest BCUT2D eigenvalue weighted by molar-refractivity contribution is -0.117. The number of amides is 3. The second-order valence-electron chi connectivity index (χ2n) is 8.74. The Morgan fingerprint density at radius 3 is 2.35 bits per heavy atom. The minimum Gasteiger partial charge on any atom is -0.492 e. The molecule has 1 atom stereocenters. The standard InChI is InChI=1S/C24H32N4O6/c1-16(29)27-22-10-7-18(14-26-22)20(30)15-28(23(32)34-24(2,3)4)11-12-33-19-8-5-17(6-9-19)13-21(25)31/h5-10,14,20,30H,11-13,15H2,1-4H3,(H2,25,31)(H,26,27,29)/t20-/m0/s1. The Hall–Kier alpha value is -3.66. The Bertz CT molecular complexity index is 970. The van der Waals surface area contributed by atoms with Crippen molar-refractivity contribution >= 4 is 23.7 Å². The highest BCUT2D eigenvalue weighted by Gasteiger charge is 2.25. The third-order valence-electron chi connectivity index (χ3n) is 4.45. The first-order chi connectivity index (χ1) is 15.9. The van der Waals surface area contributed by atoms with E-state index in [1.165, 1.54) is 18.0 Å². The molecule has 4 N–H and O–H groups in total. The molecule has 10 heteroatoms. The summed E-state index contributed by atoms with van der Waals surface area (Å²) in [7, 11) is 0. The van der Waals surface area contributed by atoms with E-state index >= 15 is 0 Å². The number of aliphatic hydroxyl groups is 1. The third kappa shape index (κ3) is 9.45. The number of carbonyl (C=O) groups is 3. The quantitative estimate of drug-likeness (QED) is 0.482. The number of ether oxygens (including phenoxy) is 2. The fraction of sp³-hybridized carbons (Fsp3) is 0.417. The summed E-state index contributed by atoms with van der Waals surface area (Å²) in [6.45, 7) is 6.92. The summed E-state index contributed by atoms with van der Waals surface area (Å²) in [5.74, 6) is 0.262. The molecule has 0 fully saturated rings. The zero-order valence-corrected chi connectivity index (χ0v) is 19.9. The average molecular weight is 473 g/mol. The number of rotatable bonds is 10. The molecule has 184 valence electrons. The molecular formula is C24H32N4O6. The smallest absolute Gasteiger partial charge is 0.410 e. The van der Waals surface area contributed by atoms with Crippen LogP contribution >= 0.6 is 0 Å². The molecule has 10 nitrogen and oxygen atoms in total. The normalized spacial score (nSPS) is 11.9. The zero-order chi connectivity index (χ0) is 25.3. The number of aliphatic hydroxyl groups excluding tert-OH is 1. The summed E-state index contributed by atoms with van der Waals surface area (Å²) in [5, 5.41) is 13.2. The molecule has 2 aromatic rings. The van der Waals surface area contributed by atoms with Crippen molar-refractivity contribution in [3.05, 3.63) is 53.7 Å². The number of primary amides is 1. The van der Waals surface area contributed by atoms with Gasteiger partial charge in [0, 0.05) is 18.7 Å². The van der Waals surface area contributed by atoms with Crippen molar-refractivity contribution in [3.63, 3.8) is 0 Å². The molecule has 0 spiro atoms. The number of nitrogens with zero attached hydrogens (tertiary/aromatic N) is 2. The molecule has 0 aliphatic rings. The van der Waals surface area contributed by atoms with E-state index < -0.39 is 23.7 Å². The summed E-state index contributed by atoms with van der Waals surface area (Å²) < 4.78 is 11.2. The minimum atomic E-state index is -1.03. The number of carbonyl (C=O) groups excluding carboxylic acids is 3. The predicted octanol–water partition coefficient (Wildman–Crippen LogP) is 2.42. The molecule has 2 rings (SSSR count). The first-order valence-corrected chi connectivity index (χ1v) is 10.8. The molecule has 1 aromatic carbocycles. The van der Waals surface area contributed by atoms with E-state index in [2.05, 4.69) is 10.3 Å². The second kappa shape index (κ2) is 12.0. The molecule has 0 unspecified atom stereocenters. The largest absolute Gasteiger partial charge is 0.492 e. The van der Waals surface area contributed by atoms with E-state index in [-0.39, 0.29) is 32.0 Å². The van der Waals surface area contributed by atoms with E-state index in [0.29, 0.717) is 17.1 Å². The molecule has 1 aromatic heterocycles. The molecule has 0 saturated heterocycles. The molecule has 0 aliphatic heterocycles. The van der Waals surface area contributed by atoms with E-state index in [4.69, 9.17) is 15.2 Å². The van der Waals surface area contributed by atoms with Crippen molar-refractivity contribution in [2.75, 3.05) is 25.0 Å². The summed E-state index contributed by atoms with van der Waals surface area (Å²) in [6.07, 6.45) is -0.0345. The van der Waals surface area contributed by atoms with Crippen LogP contribution in [0.5, 0.6) is 5.75 Å². The Balaban J connectivity index is 2.02. The van der Waals surface area contributed by atoms with E-state index in [1.54, 1.807) is 57.2 Å². The number of aromatic nitrogens is 1. The van der Waals surface area contributed by atoms with Gasteiger partial charge in [0.15, 0.2) is 0 Å². The number of pyridine rings is 1. The average Bonchev–Trinajstić information content (AvgIpc) is 2.72. The number of benzene rings is 1. The van der Waals surface area contributed by atoms with Crippen LogP contribution in [0.2, 0.25) is 0 Å². The van der Waals surface area contributed by atoms with Crippen LogP contribution in [0, 0.1) is 0 Å². The van der Waals surface area contributed by atoms with Crippen LogP contribution in [-0.2, 0) is 20.7 Å². The van der Waals surface area contributed by atoms with Gasteiger partial charge >= 0.3 is 6.09 Å². The van der Waals surface area contributed by atoms with Crippen molar-refractivity contribution in [1.29, 1.82) is 0 Å². The fourth-order valence-corrected chi connectivity index (χ4v) is 2.93. The highest BCUT2D eigenvalue weighted by atomic mass is 16.6. The van der Waals surface area contributed by atoms with Crippen molar-refractivity contribution in [3.8, 4) is 5.75 Å². The van der Waals surface area contributed by atoms with Crippen LogP contribution in [0.1, 0.15) is 44.9 Å². The Morgan fingerprint density at radius 2 is 1.82 bits per heavy atom. The topological polar surface area (TPSA) is 144 Å². The van der Waals surface area contributed by atoms with Crippen LogP contribution in [0.25, 0.3) is 0 Å². The molecular weight excluding hydrogens is 440 g/mol. The second-order valence-corrected chi connectivity index (χ2v) is 8.74. The van der Waals surface area contributed by atoms with Gasteiger partial charge in [0.1, 0.15) is 23.8 Å². The lowest BCUT2D eigenvalue weighted by Gasteiger charge is -2.29. The highest BCUT2D eigenvalue weighted by molar-refractivity contribution is 5.87. The van der Waals surface area contributed by atoms with Gasteiger partial charge in [-0.05, 0) is 44.5 Å². The first-order valence-electron chi connectivity index (χ1n) is 10.8. The predicted molar refractivity (Wildman–Crippen MR) is 126 cm³/mol. The van der Waals surface area contributed by atoms with Gasteiger partial charge in [0.2, 0.25) is 11.8 Å². The first kappa shape index (κ1) is 26.6. The van der Waals surface area contributed by atoms with Crippen LogP contribution < -0.4 is 15.8 Å². The van der Waals surface area contributed by atoms with Crippen LogP contribution in [0.15, 0.2) is 42.6 Å². The monoisotopic (exact) mass is 472 g/mol. The minimum absolute atomic E-state index is 0.0447. The van der Waals surface area contributed by atoms with Crippen LogP contribution in [0.4, 0.5) is 10.6 Å². The summed E-state index contributed by atoms with van der Waals surface area (Å²) in [4.78, 5) is 40.3. The van der Waals surface area contributed by atoms with Crippen molar-refractivity contribution < 1.29 is 29.0 Å². The Kier molecular flexibility index (Phi) is 9.37. The lowest BCUT2D eigenvalue weighted by atomic mass is 10.1. The van der Waals surface area contributed by atoms with Gasteiger partial charge in [-0.1, -0.05) is 18.2 Å². The van der Waals surface area contributed by atoms with Gasteiger partial charge in [-0.25, -0.2) is 9.78 Å². The third-order valence-corrected chi connectivity index (χ3v) is 4.45. The fourth-order valence-electron chi connectivity index (χ4n) is 2.93. The maximum atomic E-state index is 12.7. The summed E-state index contributed by atoms with van der Waals surface area (Å²) in [5.41, 5.74) is 5.74. The van der Waals surface area contributed by atoms with Gasteiger partial charge in [-0.3, -0.25) is 9.59 Å². The Morgan fingerprint density at radius 1 is 1.15 bits per heavy atom. The van der Waals surface area contributed by atoms with Crippen molar-refractivity contribution in [1.82, 2.24) is 9.88 Å². The van der Waals surface area contributed by atoms with E-state index in [0.717, 1.165) is 5.56 Å². The highest BCUT2D eigenvalue weighted by Crippen LogP contribution is 2.18. The van der Waals surface area contributed by atoms with Crippen molar-refractivity contribution in [2.24, 2.45) is 5.73 Å². The molecule has 3 amide bonds. The SMILES string of the molecule is CC(=O)Nc1ccc([C@@H](O)CN(CCOc2ccc(CC(N)=O)cc2)C(=O)OC(C)(C)C)cn1. The van der Waals surface area contributed by atoms with E-state index in [1.807, 2.05) is 0 Å². The van der Waals surface area contributed by atoms with Crippen LogP contribution in [-0.4, -0.2) is 58.2 Å². The number of anilines is 1. The molecule has 0 aliphatic carbocycles. The molecule has 0 radical (unpaired) electrons. The molecule has 0 bridgehead atoms. The molecule has 1 heterocycles. The number of nitrogens with one attached hydrogen (secondary N) is 1. The van der Waals surface area contributed by atoms with Gasteiger partial charge in [-0.15, -0.1) is 0 Å². The maximum absolute atomic E-state index is 12.7. The number of hydrogen-bond acceptors (Lipinski definition) is 7.